The van der Waals surface area contributed by atoms with Crippen molar-refractivity contribution in [1.29, 1.82) is 0 Å². The molecule has 1 amide bonds. The van der Waals surface area contributed by atoms with Crippen LogP contribution in [0.1, 0.15) is 40.3 Å². The van der Waals surface area contributed by atoms with Crippen LogP contribution in [0.15, 0.2) is 106 Å². The molecule has 5 rings (SSSR count). The Hall–Kier alpha value is -4.77. The van der Waals surface area contributed by atoms with Crippen molar-refractivity contribution in [2.75, 3.05) is 13.2 Å². The van der Waals surface area contributed by atoms with E-state index in [-0.39, 0.29) is 37.6 Å². The minimum Gasteiger partial charge on any atom is -0.494 e. The molecule has 1 heterocycles. The van der Waals surface area contributed by atoms with Crippen LogP contribution in [-0.4, -0.2) is 35.7 Å². The van der Waals surface area contributed by atoms with E-state index in [1.807, 2.05) is 24.3 Å². The Labute approximate surface area is 272 Å². The van der Waals surface area contributed by atoms with Gasteiger partial charge in [-0.3, -0.25) is 4.79 Å². The second-order valence-electron chi connectivity index (χ2n) is 10.6. The molecule has 0 fully saturated rings. The number of azide groups is 1. The lowest BCUT2D eigenvalue weighted by Gasteiger charge is -2.32. The number of nitrogens with one attached hydrogen (secondary N) is 1. The van der Waals surface area contributed by atoms with Gasteiger partial charge in [-0.15, -0.1) is 0 Å². The van der Waals surface area contributed by atoms with E-state index in [1.165, 1.54) is 6.07 Å². The Morgan fingerprint density at radius 3 is 2.50 bits per heavy atom. The summed E-state index contributed by atoms with van der Waals surface area (Å²) in [5, 5.41) is 15.6. The van der Waals surface area contributed by atoms with Crippen molar-refractivity contribution >= 4 is 27.7 Å². The monoisotopic (exact) mass is 689 g/mol. The van der Waals surface area contributed by atoms with Crippen molar-refractivity contribution in [2.24, 2.45) is 10.1 Å². The van der Waals surface area contributed by atoms with Gasteiger partial charge in [0.2, 0.25) is 5.90 Å². The lowest BCUT2D eigenvalue weighted by atomic mass is 9.80. The fourth-order valence-corrected chi connectivity index (χ4v) is 5.65. The molecule has 1 aliphatic heterocycles. The Morgan fingerprint density at radius 2 is 1.78 bits per heavy atom. The van der Waals surface area contributed by atoms with E-state index >= 15 is 0 Å². The minimum atomic E-state index is -1.61. The highest BCUT2D eigenvalue weighted by molar-refractivity contribution is 9.10. The minimum absolute atomic E-state index is 0.00919. The number of rotatable bonds is 13. The van der Waals surface area contributed by atoms with Crippen LogP contribution >= 0.6 is 15.9 Å². The quantitative estimate of drug-likeness (QED) is 0.0671. The van der Waals surface area contributed by atoms with Crippen molar-refractivity contribution < 1.29 is 28.2 Å². The Bertz CT molecular complexity index is 1780. The molecule has 1 aliphatic rings. The first kappa shape index (κ1) is 32.6. The second kappa shape index (κ2) is 15.0. The van der Waals surface area contributed by atoms with Gasteiger partial charge in [-0.05, 0) is 58.6 Å². The fourth-order valence-electron chi connectivity index (χ4n) is 5.23. The topological polar surface area (TPSA) is 129 Å². The lowest BCUT2D eigenvalue weighted by Crippen LogP contribution is -2.50. The number of carbonyl (C=O) groups is 1. The van der Waals surface area contributed by atoms with Crippen LogP contribution < -0.4 is 10.1 Å². The fraction of sp³-hybridized carbons (Fsp3) is 0.235. The smallest absolute Gasteiger partial charge is 0.252 e. The maximum atomic E-state index is 14.6. The van der Waals surface area contributed by atoms with E-state index in [0.717, 1.165) is 22.2 Å². The number of nitrogens with zero attached hydrogens (tertiary/aromatic N) is 4. The number of carbonyl (C=O) groups excluding carboxylic acids is 1. The van der Waals surface area contributed by atoms with Gasteiger partial charge < -0.3 is 19.9 Å². The highest BCUT2D eigenvalue weighted by Crippen LogP contribution is 2.44. The van der Waals surface area contributed by atoms with Gasteiger partial charge in [0.15, 0.2) is 11.6 Å². The molecule has 4 aromatic rings. The molecule has 0 spiro atoms. The van der Waals surface area contributed by atoms with Crippen LogP contribution in [-0.2, 0) is 29.0 Å². The van der Waals surface area contributed by atoms with Gasteiger partial charge in [-0.2, -0.15) is 0 Å². The highest BCUT2D eigenvalue weighted by atomic mass is 79.9. The van der Waals surface area contributed by atoms with E-state index in [0.29, 0.717) is 35.5 Å². The van der Waals surface area contributed by atoms with Crippen LogP contribution in [0.3, 0.4) is 0 Å². The summed E-state index contributed by atoms with van der Waals surface area (Å²) >= 11 is 3.60. The zero-order valence-electron chi connectivity index (χ0n) is 24.6. The van der Waals surface area contributed by atoms with Crippen LogP contribution in [0.2, 0.25) is 0 Å². The predicted molar refractivity (Wildman–Crippen MR) is 172 cm³/mol. The third-order valence-electron chi connectivity index (χ3n) is 7.54. The first-order valence-electron chi connectivity index (χ1n) is 14.5. The summed E-state index contributed by atoms with van der Waals surface area (Å²) in [7, 11) is 0. The molecule has 2 N–H and O–H groups in total. The van der Waals surface area contributed by atoms with Gasteiger partial charge in [-0.25, -0.2) is 13.8 Å². The number of hydrogen-bond donors (Lipinski definition) is 2. The maximum absolute atomic E-state index is 14.6. The first-order chi connectivity index (χ1) is 22.3. The van der Waals surface area contributed by atoms with Gasteiger partial charge in [0.05, 0.1) is 13.2 Å². The molecule has 0 unspecified atom stereocenters. The summed E-state index contributed by atoms with van der Waals surface area (Å²) in [6, 6.07) is 24.8. The van der Waals surface area contributed by atoms with Crippen LogP contribution in [0.5, 0.6) is 5.75 Å². The SMILES string of the molecule is [N-]=[N+]=NCc1ccccc1[C@H]1OC(c2ccc(OCCCO)cc2)=N[C@@]1(Cc1ccccc1Br)C(=O)NCc1ccc(F)cc1F. The summed E-state index contributed by atoms with van der Waals surface area (Å²) in [6.07, 6.45) is -0.417. The van der Waals surface area contributed by atoms with Gasteiger partial charge in [0, 0.05) is 52.6 Å². The second-order valence-corrected chi connectivity index (χ2v) is 11.4. The molecule has 2 atom stereocenters. The van der Waals surface area contributed by atoms with Gasteiger partial charge >= 0.3 is 0 Å². The number of aliphatic imine (C=N–C) groups is 1. The number of aliphatic hydroxyl groups is 1. The molecule has 0 saturated carbocycles. The Balaban J connectivity index is 1.61. The number of ether oxygens (including phenoxy) is 2. The predicted octanol–water partition coefficient (Wildman–Crippen LogP) is 7.11. The summed E-state index contributed by atoms with van der Waals surface area (Å²) in [6.45, 7) is 0.150. The Morgan fingerprint density at radius 1 is 1.04 bits per heavy atom. The molecule has 236 valence electrons. The number of hydrogen-bond acceptors (Lipinski definition) is 6. The lowest BCUT2D eigenvalue weighted by molar-refractivity contribution is -0.129. The number of aliphatic hydroxyl groups excluding tert-OH is 1. The zero-order valence-corrected chi connectivity index (χ0v) is 26.2. The normalized spacial score (nSPS) is 17.0. The number of amides is 1. The molecule has 0 radical (unpaired) electrons. The van der Waals surface area contributed by atoms with Crippen molar-refractivity contribution in [3.8, 4) is 5.75 Å². The van der Waals surface area contributed by atoms with E-state index in [1.54, 1.807) is 48.5 Å². The van der Waals surface area contributed by atoms with Gasteiger partial charge in [0.1, 0.15) is 17.4 Å². The molecule has 0 saturated heterocycles. The first-order valence-corrected chi connectivity index (χ1v) is 15.3. The van der Waals surface area contributed by atoms with Crippen molar-refractivity contribution in [3.63, 3.8) is 0 Å². The molecule has 12 heteroatoms. The van der Waals surface area contributed by atoms with Crippen LogP contribution in [0.4, 0.5) is 8.78 Å². The van der Waals surface area contributed by atoms with Crippen molar-refractivity contribution in [1.82, 2.24) is 5.32 Å². The van der Waals surface area contributed by atoms with Crippen LogP contribution in [0, 0.1) is 11.6 Å². The van der Waals surface area contributed by atoms with Crippen molar-refractivity contribution in [2.45, 2.75) is 37.6 Å². The molecule has 0 bridgehead atoms. The van der Waals surface area contributed by atoms with E-state index in [4.69, 9.17) is 25.1 Å². The van der Waals surface area contributed by atoms with Gasteiger partial charge in [-0.1, -0.05) is 69.6 Å². The third kappa shape index (κ3) is 7.37. The number of benzene rings is 4. The summed E-state index contributed by atoms with van der Waals surface area (Å²) in [4.78, 5) is 22.4. The molecular formula is C34H30BrF2N5O4. The molecule has 9 nitrogen and oxygen atoms in total. The summed E-state index contributed by atoms with van der Waals surface area (Å²) in [5.41, 5.74) is 10.1. The molecular weight excluding hydrogens is 660 g/mol. The number of halogens is 3. The molecule has 0 aliphatic carbocycles. The third-order valence-corrected chi connectivity index (χ3v) is 8.32. The average molecular weight is 691 g/mol. The summed E-state index contributed by atoms with van der Waals surface area (Å²) < 4.78 is 41.2. The Kier molecular flexibility index (Phi) is 10.6. The molecule has 4 aromatic carbocycles. The molecule has 0 aromatic heterocycles. The molecule has 46 heavy (non-hydrogen) atoms. The standard InChI is InChI=1S/C34H30BrF2N5O4/c35-29-9-4-2-6-23(29)19-34(33(44)39-20-25-10-13-26(36)18-30(25)37)31(28-8-3-1-7-24(28)21-40-42-38)46-32(41-34)22-11-14-27(15-12-22)45-17-5-16-43/h1-4,6-15,18,31,43H,5,16-17,19-21H2,(H,39,44)/t31-,34-/m1/s1. The van der Waals surface area contributed by atoms with E-state index in [2.05, 4.69) is 31.3 Å². The maximum Gasteiger partial charge on any atom is 0.252 e. The van der Waals surface area contributed by atoms with E-state index in [9.17, 15) is 13.6 Å². The van der Waals surface area contributed by atoms with Crippen molar-refractivity contribution in [3.05, 3.63) is 145 Å². The largest absolute Gasteiger partial charge is 0.494 e. The summed E-state index contributed by atoms with van der Waals surface area (Å²) in [5.74, 6) is -1.27. The highest BCUT2D eigenvalue weighted by Gasteiger charge is 2.54. The zero-order chi connectivity index (χ0) is 32.5. The van der Waals surface area contributed by atoms with Crippen LogP contribution in [0.25, 0.3) is 10.4 Å². The van der Waals surface area contributed by atoms with Gasteiger partial charge in [0.25, 0.3) is 5.91 Å². The van der Waals surface area contributed by atoms with E-state index < -0.39 is 29.2 Å². The average Bonchev–Trinajstić information content (AvgIpc) is 3.45.